The first-order valence-corrected chi connectivity index (χ1v) is 10.00. The van der Waals surface area contributed by atoms with E-state index in [0.29, 0.717) is 16.8 Å². The van der Waals surface area contributed by atoms with E-state index in [0.717, 1.165) is 54.4 Å². The molecule has 5 heteroatoms. The van der Waals surface area contributed by atoms with Gasteiger partial charge in [0.2, 0.25) is 0 Å². The number of carbonyl (C=O) groups excluding carboxylic acids is 1. The molecule has 0 radical (unpaired) electrons. The molecular weight excluding hydrogens is 358 g/mol. The fourth-order valence-electron chi connectivity index (χ4n) is 4.67. The molecular formula is C22H22ClN3O. The van der Waals surface area contributed by atoms with Gasteiger partial charge in [-0.3, -0.25) is 4.79 Å². The van der Waals surface area contributed by atoms with Gasteiger partial charge < -0.3 is 15.2 Å². The molecule has 2 atom stereocenters. The summed E-state index contributed by atoms with van der Waals surface area (Å²) in [5.41, 5.74) is 3.61. The minimum absolute atomic E-state index is 0.109. The Morgan fingerprint density at radius 2 is 1.85 bits per heavy atom. The van der Waals surface area contributed by atoms with Crippen molar-refractivity contribution in [1.82, 2.24) is 15.2 Å². The molecule has 1 amide bonds. The molecule has 5 rings (SSSR count). The van der Waals surface area contributed by atoms with Gasteiger partial charge in [-0.25, -0.2) is 0 Å². The summed E-state index contributed by atoms with van der Waals surface area (Å²) in [5, 5.41) is 5.15. The lowest BCUT2D eigenvalue weighted by atomic mass is 10.0. The van der Waals surface area contributed by atoms with Gasteiger partial charge in [-0.2, -0.15) is 0 Å². The number of H-pyrrole nitrogens is 1. The van der Waals surface area contributed by atoms with Crippen LogP contribution in [0.1, 0.15) is 29.8 Å². The molecule has 2 aliphatic rings. The molecule has 3 heterocycles. The van der Waals surface area contributed by atoms with Gasteiger partial charge in [0.15, 0.2) is 0 Å². The van der Waals surface area contributed by atoms with E-state index < -0.39 is 0 Å². The Morgan fingerprint density at radius 1 is 1.04 bits per heavy atom. The molecule has 2 aromatic carbocycles. The standard InChI is InChI=1S/C22H22ClN3O/c23-15-6-9-19-18(12-15)20(14-4-2-1-3-5-14)21(25-19)22(27)26-16-7-8-17(26)13-24-11-10-16/h1-6,9,12,16-17,24-25H,7-8,10-11,13H2/t16-,17+/m1/s1. The van der Waals surface area contributed by atoms with Gasteiger partial charge in [0.05, 0.1) is 0 Å². The van der Waals surface area contributed by atoms with Crippen molar-refractivity contribution in [2.24, 2.45) is 0 Å². The van der Waals surface area contributed by atoms with Gasteiger partial charge >= 0.3 is 0 Å². The number of carbonyl (C=O) groups is 1. The summed E-state index contributed by atoms with van der Waals surface area (Å²) in [5.74, 6) is 0.109. The molecule has 2 bridgehead atoms. The van der Waals surface area contributed by atoms with Crippen molar-refractivity contribution in [3.63, 3.8) is 0 Å². The number of nitrogens with one attached hydrogen (secondary N) is 2. The number of benzene rings is 2. The molecule has 0 unspecified atom stereocenters. The van der Waals surface area contributed by atoms with Crippen LogP contribution >= 0.6 is 11.6 Å². The minimum atomic E-state index is 0.109. The number of aromatic amines is 1. The third-order valence-corrected chi connectivity index (χ3v) is 6.16. The van der Waals surface area contributed by atoms with Crippen LogP contribution in [0.25, 0.3) is 22.0 Å². The first-order chi connectivity index (χ1) is 13.2. The van der Waals surface area contributed by atoms with Crippen molar-refractivity contribution in [1.29, 1.82) is 0 Å². The predicted molar refractivity (Wildman–Crippen MR) is 109 cm³/mol. The summed E-state index contributed by atoms with van der Waals surface area (Å²) in [6, 6.07) is 16.5. The average Bonchev–Trinajstić information content (AvgIpc) is 3.17. The zero-order valence-corrected chi connectivity index (χ0v) is 15.8. The summed E-state index contributed by atoms with van der Waals surface area (Å²) in [6.07, 6.45) is 3.20. The van der Waals surface area contributed by atoms with Crippen LogP contribution in [0, 0.1) is 0 Å². The Morgan fingerprint density at radius 3 is 2.70 bits per heavy atom. The highest BCUT2D eigenvalue weighted by molar-refractivity contribution is 6.31. The van der Waals surface area contributed by atoms with Gasteiger partial charge in [-0.15, -0.1) is 0 Å². The molecule has 4 nitrogen and oxygen atoms in total. The highest BCUT2D eigenvalue weighted by atomic mass is 35.5. The zero-order valence-electron chi connectivity index (χ0n) is 15.0. The summed E-state index contributed by atoms with van der Waals surface area (Å²) in [6.45, 7) is 1.87. The van der Waals surface area contributed by atoms with E-state index in [1.807, 2.05) is 36.4 Å². The first-order valence-electron chi connectivity index (χ1n) is 9.62. The average molecular weight is 380 g/mol. The van der Waals surface area contributed by atoms with Gasteiger partial charge in [0, 0.05) is 40.1 Å². The maximum Gasteiger partial charge on any atom is 0.271 e. The van der Waals surface area contributed by atoms with E-state index in [2.05, 4.69) is 27.3 Å². The molecule has 2 fully saturated rings. The fourth-order valence-corrected chi connectivity index (χ4v) is 4.84. The monoisotopic (exact) mass is 379 g/mol. The van der Waals surface area contributed by atoms with E-state index in [1.54, 1.807) is 0 Å². The molecule has 2 N–H and O–H groups in total. The van der Waals surface area contributed by atoms with Crippen molar-refractivity contribution in [3.8, 4) is 11.1 Å². The molecule has 0 saturated carbocycles. The smallest absolute Gasteiger partial charge is 0.271 e. The van der Waals surface area contributed by atoms with E-state index >= 15 is 0 Å². The minimum Gasteiger partial charge on any atom is -0.350 e. The fraction of sp³-hybridized carbons (Fsp3) is 0.318. The van der Waals surface area contributed by atoms with Crippen LogP contribution in [0.5, 0.6) is 0 Å². The maximum atomic E-state index is 13.7. The molecule has 2 saturated heterocycles. The van der Waals surface area contributed by atoms with Gasteiger partial charge in [0.1, 0.15) is 5.69 Å². The van der Waals surface area contributed by atoms with E-state index in [9.17, 15) is 4.79 Å². The molecule has 0 aliphatic carbocycles. The Labute approximate surface area is 163 Å². The van der Waals surface area contributed by atoms with Crippen LogP contribution in [0.15, 0.2) is 48.5 Å². The summed E-state index contributed by atoms with van der Waals surface area (Å²) in [7, 11) is 0. The number of hydrogen-bond acceptors (Lipinski definition) is 2. The molecule has 0 spiro atoms. The second-order valence-electron chi connectivity index (χ2n) is 7.52. The van der Waals surface area contributed by atoms with Gasteiger partial charge in [0.25, 0.3) is 5.91 Å². The number of nitrogens with zero attached hydrogens (tertiary/aromatic N) is 1. The van der Waals surface area contributed by atoms with Crippen molar-refractivity contribution >= 4 is 28.4 Å². The largest absolute Gasteiger partial charge is 0.350 e. The van der Waals surface area contributed by atoms with Crippen LogP contribution in [0.3, 0.4) is 0 Å². The first kappa shape index (κ1) is 16.8. The second kappa shape index (κ2) is 6.70. The van der Waals surface area contributed by atoms with Crippen LogP contribution in [-0.2, 0) is 0 Å². The predicted octanol–water partition coefficient (Wildman–Crippen LogP) is 4.45. The number of halogens is 1. The van der Waals surface area contributed by atoms with Crippen LogP contribution < -0.4 is 5.32 Å². The summed E-state index contributed by atoms with van der Waals surface area (Å²) >= 11 is 6.28. The lowest BCUT2D eigenvalue weighted by Gasteiger charge is -2.28. The third-order valence-electron chi connectivity index (χ3n) is 5.93. The Bertz CT molecular complexity index is 983. The third kappa shape index (κ3) is 2.84. The SMILES string of the molecule is O=C(c1[nH]c2ccc(Cl)cc2c1-c1ccccc1)N1[C@H]2CCNC[C@@H]1CC2. The van der Waals surface area contributed by atoms with E-state index in [4.69, 9.17) is 11.6 Å². The molecule has 3 aromatic rings. The Hall–Kier alpha value is -2.30. The number of fused-ring (bicyclic) bond motifs is 3. The van der Waals surface area contributed by atoms with Crippen LogP contribution in [-0.4, -0.2) is 41.0 Å². The molecule has 27 heavy (non-hydrogen) atoms. The number of rotatable bonds is 2. The molecule has 138 valence electrons. The Balaban J connectivity index is 1.68. The normalized spacial score (nSPS) is 22.2. The highest BCUT2D eigenvalue weighted by Gasteiger charge is 2.39. The summed E-state index contributed by atoms with van der Waals surface area (Å²) in [4.78, 5) is 19.2. The lowest BCUT2D eigenvalue weighted by Crippen LogP contribution is -2.42. The van der Waals surface area contributed by atoms with E-state index in [-0.39, 0.29) is 11.9 Å². The number of aromatic nitrogens is 1. The topological polar surface area (TPSA) is 48.1 Å². The van der Waals surface area contributed by atoms with Crippen molar-refractivity contribution in [2.45, 2.75) is 31.3 Å². The maximum absolute atomic E-state index is 13.7. The lowest BCUT2D eigenvalue weighted by molar-refractivity contribution is 0.0676. The van der Waals surface area contributed by atoms with Gasteiger partial charge in [-0.1, -0.05) is 41.9 Å². The van der Waals surface area contributed by atoms with Crippen molar-refractivity contribution < 1.29 is 4.79 Å². The van der Waals surface area contributed by atoms with Crippen molar-refractivity contribution in [3.05, 3.63) is 59.2 Å². The second-order valence-corrected chi connectivity index (χ2v) is 7.96. The van der Waals surface area contributed by atoms with Crippen LogP contribution in [0.2, 0.25) is 5.02 Å². The van der Waals surface area contributed by atoms with Crippen LogP contribution in [0.4, 0.5) is 0 Å². The molecule has 2 aliphatic heterocycles. The van der Waals surface area contributed by atoms with E-state index in [1.165, 1.54) is 0 Å². The summed E-state index contributed by atoms with van der Waals surface area (Å²) < 4.78 is 0. The van der Waals surface area contributed by atoms with Crippen molar-refractivity contribution in [2.75, 3.05) is 13.1 Å². The van der Waals surface area contributed by atoms with Gasteiger partial charge in [-0.05, 0) is 49.6 Å². The Kier molecular flexibility index (Phi) is 4.18. The number of amides is 1. The zero-order chi connectivity index (χ0) is 18.4. The quantitative estimate of drug-likeness (QED) is 0.690. The number of hydrogen-bond donors (Lipinski definition) is 2. The highest BCUT2D eigenvalue weighted by Crippen LogP contribution is 2.37. The molecule has 1 aromatic heterocycles.